The van der Waals surface area contributed by atoms with Gasteiger partial charge < -0.3 is 11.1 Å². The van der Waals surface area contributed by atoms with Crippen LogP contribution in [0.3, 0.4) is 0 Å². The van der Waals surface area contributed by atoms with Crippen molar-refractivity contribution in [2.45, 2.75) is 13.3 Å². The van der Waals surface area contributed by atoms with E-state index in [4.69, 9.17) is 5.73 Å². The van der Waals surface area contributed by atoms with Gasteiger partial charge in [-0.25, -0.2) is 0 Å². The number of hydrogen-bond donors (Lipinski definition) is 3. The summed E-state index contributed by atoms with van der Waals surface area (Å²) in [5.74, 6) is -0.204. The number of carbonyl (C=O) groups excluding carboxylic acids is 1. The fraction of sp³-hybridized carbons (Fsp3) is 0.231. The third kappa shape index (κ3) is 2.84. The van der Waals surface area contributed by atoms with Gasteiger partial charge in [-0.15, -0.1) is 10.2 Å². The zero-order chi connectivity index (χ0) is 14.8. The van der Waals surface area contributed by atoms with Gasteiger partial charge in [0.2, 0.25) is 5.13 Å². The van der Waals surface area contributed by atoms with Gasteiger partial charge in [-0.2, -0.15) is 5.10 Å². The van der Waals surface area contributed by atoms with Crippen molar-refractivity contribution >= 4 is 33.3 Å². The highest BCUT2D eigenvalue weighted by atomic mass is 32.1. The summed E-state index contributed by atoms with van der Waals surface area (Å²) in [5, 5.41) is 19.5. The van der Waals surface area contributed by atoms with E-state index in [1.165, 1.54) is 11.3 Å². The largest absolute Gasteiger partial charge is 0.374 e. The average Bonchev–Trinajstić information content (AvgIpc) is 3.04. The van der Waals surface area contributed by atoms with Crippen LogP contribution in [0.15, 0.2) is 18.2 Å². The van der Waals surface area contributed by atoms with Gasteiger partial charge in [0.1, 0.15) is 5.01 Å². The van der Waals surface area contributed by atoms with Crippen molar-refractivity contribution in [3.05, 3.63) is 34.5 Å². The van der Waals surface area contributed by atoms with E-state index in [-0.39, 0.29) is 5.91 Å². The van der Waals surface area contributed by atoms with Crippen LogP contribution < -0.4 is 11.1 Å². The number of aryl methyl sites for hydroxylation is 1. The molecule has 0 aliphatic rings. The number of anilines is 1. The Bertz CT molecular complexity index is 793. The molecule has 0 unspecified atom stereocenters. The lowest BCUT2D eigenvalue weighted by molar-refractivity contribution is 0.0950. The second-order valence-corrected chi connectivity index (χ2v) is 5.75. The zero-order valence-electron chi connectivity index (χ0n) is 11.4. The summed E-state index contributed by atoms with van der Waals surface area (Å²) in [6.07, 6.45) is 0.599. The molecule has 108 valence electrons. The number of nitrogens with two attached hydrogens (primary N) is 1. The molecule has 21 heavy (non-hydrogen) atoms. The molecule has 4 N–H and O–H groups in total. The van der Waals surface area contributed by atoms with Crippen LogP contribution in [0, 0.1) is 6.92 Å². The molecule has 8 heteroatoms. The van der Waals surface area contributed by atoms with Crippen molar-refractivity contribution in [3.63, 3.8) is 0 Å². The maximum absolute atomic E-state index is 12.2. The first-order valence-electron chi connectivity index (χ1n) is 6.44. The topological polar surface area (TPSA) is 110 Å². The van der Waals surface area contributed by atoms with Crippen molar-refractivity contribution in [2.24, 2.45) is 0 Å². The molecule has 2 aromatic heterocycles. The predicted molar refractivity (Wildman–Crippen MR) is 81.2 cm³/mol. The van der Waals surface area contributed by atoms with Crippen LogP contribution in [0.25, 0.3) is 10.9 Å². The number of fused-ring (bicyclic) bond motifs is 1. The number of nitrogen functional groups attached to an aromatic ring is 1. The number of nitrogens with one attached hydrogen (secondary N) is 2. The number of aromatic nitrogens is 4. The fourth-order valence-electron chi connectivity index (χ4n) is 2.04. The highest BCUT2D eigenvalue weighted by molar-refractivity contribution is 7.15. The normalized spacial score (nSPS) is 10.9. The Balaban J connectivity index is 1.68. The quantitative estimate of drug-likeness (QED) is 0.672. The predicted octanol–water partition coefficient (Wildman–Crippen LogP) is 1.28. The Morgan fingerprint density at radius 2 is 2.29 bits per heavy atom. The second kappa shape index (κ2) is 5.49. The van der Waals surface area contributed by atoms with Crippen LogP contribution in [0.2, 0.25) is 0 Å². The molecule has 0 aliphatic heterocycles. The Morgan fingerprint density at radius 1 is 1.43 bits per heavy atom. The molecule has 0 saturated heterocycles. The molecule has 0 aliphatic carbocycles. The number of rotatable bonds is 4. The molecule has 0 radical (unpaired) electrons. The molecule has 3 rings (SSSR count). The second-order valence-electron chi connectivity index (χ2n) is 4.66. The molecular weight excluding hydrogens is 288 g/mol. The van der Waals surface area contributed by atoms with E-state index in [0.717, 1.165) is 21.5 Å². The Hall–Kier alpha value is -2.48. The molecule has 1 aromatic carbocycles. The fourth-order valence-corrected chi connectivity index (χ4v) is 2.64. The lowest BCUT2D eigenvalue weighted by atomic mass is 10.1. The SMILES string of the molecule is Cc1ccc2[nH]nc(C(=O)NCCc3nnc(N)s3)c2c1. The monoisotopic (exact) mass is 302 g/mol. The molecule has 0 bridgehead atoms. The molecule has 7 nitrogen and oxygen atoms in total. The lowest BCUT2D eigenvalue weighted by Gasteiger charge is -2.01. The minimum atomic E-state index is -0.204. The Labute approximate surface area is 124 Å². The van der Waals surface area contributed by atoms with Crippen LogP contribution in [-0.4, -0.2) is 32.8 Å². The highest BCUT2D eigenvalue weighted by Crippen LogP contribution is 2.17. The Kier molecular flexibility index (Phi) is 3.53. The minimum absolute atomic E-state index is 0.204. The summed E-state index contributed by atoms with van der Waals surface area (Å²) in [4.78, 5) is 12.2. The number of nitrogens with zero attached hydrogens (tertiary/aromatic N) is 3. The van der Waals surface area contributed by atoms with Gasteiger partial charge in [-0.05, 0) is 19.1 Å². The van der Waals surface area contributed by atoms with Crippen molar-refractivity contribution in [1.82, 2.24) is 25.7 Å². The number of hydrogen-bond acceptors (Lipinski definition) is 6. The molecule has 0 atom stereocenters. The number of H-pyrrole nitrogens is 1. The van der Waals surface area contributed by atoms with Crippen LogP contribution >= 0.6 is 11.3 Å². The van der Waals surface area contributed by atoms with Crippen LogP contribution in [0.5, 0.6) is 0 Å². The van der Waals surface area contributed by atoms with E-state index in [9.17, 15) is 4.79 Å². The van der Waals surface area contributed by atoms with Gasteiger partial charge in [0.05, 0.1) is 5.52 Å². The molecule has 0 saturated carbocycles. The summed E-state index contributed by atoms with van der Waals surface area (Å²) in [6.45, 7) is 2.45. The first-order valence-corrected chi connectivity index (χ1v) is 7.26. The first-order chi connectivity index (χ1) is 10.1. The summed E-state index contributed by atoms with van der Waals surface area (Å²) < 4.78 is 0. The standard InChI is InChI=1S/C13H14N6OS/c1-7-2-3-9-8(6-7)11(18-16-9)12(20)15-5-4-10-17-19-13(14)21-10/h2-3,6H,4-5H2,1H3,(H2,14,19)(H,15,20)(H,16,18). The van der Waals surface area contributed by atoms with Gasteiger partial charge in [0.25, 0.3) is 5.91 Å². The van der Waals surface area contributed by atoms with Gasteiger partial charge in [-0.1, -0.05) is 23.0 Å². The third-order valence-corrected chi connectivity index (χ3v) is 3.85. The van der Waals surface area contributed by atoms with Crippen LogP contribution in [-0.2, 0) is 6.42 Å². The van der Waals surface area contributed by atoms with Crippen molar-refractivity contribution in [3.8, 4) is 0 Å². The third-order valence-electron chi connectivity index (χ3n) is 3.04. The van der Waals surface area contributed by atoms with Crippen LogP contribution in [0.1, 0.15) is 21.1 Å². The number of aromatic amines is 1. The van der Waals surface area contributed by atoms with E-state index >= 15 is 0 Å². The van der Waals surface area contributed by atoms with Crippen molar-refractivity contribution < 1.29 is 4.79 Å². The summed E-state index contributed by atoms with van der Waals surface area (Å²) in [5.41, 5.74) is 7.85. The molecular formula is C13H14N6OS. The number of benzene rings is 1. The summed E-state index contributed by atoms with van der Waals surface area (Å²) >= 11 is 1.32. The maximum atomic E-state index is 12.2. The van der Waals surface area contributed by atoms with Gasteiger partial charge >= 0.3 is 0 Å². The van der Waals surface area contributed by atoms with E-state index in [2.05, 4.69) is 25.7 Å². The lowest BCUT2D eigenvalue weighted by Crippen LogP contribution is -2.26. The van der Waals surface area contributed by atoms with E-state index in [1.54, 1.807) is 0 Å². The molecule has 0 fully saturated rings. The average molecular weight is 302 g/mol. The van der Waals surface area contributed by atoms with Gasteiger partial charge in [0, 0.05) is 18.4 Å². The van der Waals surface area contributed by atoms with Gasteiger partial charge in [0.15, 0.2) is 5.69 Å². The van der Waals surface area contributed by atoms with Crippen LogP contribution in [0.4, 0.5) is 5.13 Å². The highest BCUT2D eigenvalue weighted by Gasteiger charge is 2.14. The van der Waals surface area contributed by atoms with E-state index in [1.807, 2.05) is 25.1 Å². The smallest absolute Gasteiger partial charge is 0.272 e. The first kappa shape index (κ1) is 13.5. The Morgan fingerprint density at radius 3 is 3.05 bits per heavy atom. The van der Waals surface area contributed by atoms with E-state index in [0.29, 0.717) is 23.8 Å². The summed E-state index contributed by atoms with van der Waals surface area (Å²) in [7, 11) is 0. The summed E-state index contributed by atoms with van der Waals surface area (Å²) in [6, 6.07) is 5.83. The molecule has 1 amide bonds. The maximum Gasteiger partial charge on any atom is 0.272 e. The molecule has 3 aromatic rings. The molecule has 0 spiro atoms. The van der Waals surface area contributed by atoms with E-state index < -0.39 is 0 Å². The molecule has 2 heterocycles. The zero-order valence-corrected chi connectivity index (χ0v) is 12.2. The van der Waals surface area contributed by atoms with Crippen molar-refractivity contribution in [2.75, 3.05) is 12.3 Å². The van der Waals surface area contributed by atoms with Gasteiger partial charge in [-0.3, -0.25) is 9.89 Å². The minimum Gasteiger partial charge on any atom is -0.374 e. The number of amides is 1. The van der Waals surface area contributed by atoms with Crippen molar-refractivity contribution in [1.29, 1.82) is 0 Å². The number of carbonyl (C=O) groups is 1.